The Kier molecular flexibility index (Phi) is 9.87. The van der Waals surface area contributed by atoms with E-state index in [1.54, 1.807) is 0 Å². The van der Waals surface area contributed by atoms with Crippen molar-refractivity contribution in [1.82, 2.24) is 0 Å². The molecule has 0 bridgehead atoms. The molecule has 0 rings (SSSR count). The highest BCUT2D eigenvalue weighted by molar-refractivity contribution is 4.52. The van der Waals surface area contributed by atoms with Gasteiger partial charge in [0.15, 0.2) is 0 Å². The maximum atomic E-state index is 8.73. The molecule has 0 aliphatic heterocycles. The van der Waals surface area contributed by atoms with Gasteiger partial charge in [-0.2, -0.15) is 0 Å². The van der Waals surface area contributed by atoms with Gasteiger partial charge in [0.1, 0.15) is 0 Å². The summed E-state index contributed by atoms with van der Waals surface area (Å²) in [5, 5.41) is 17.5. The molecule has 0 heterocycles. The molecule has 0 aliphatic rings. The van der Waals surface area contributed by atoms with Crippen LogP contribution in [-0.2, 0) is 4.74 Å². The van der Waals surface area contributed by atoms with Crippen LogP contribution in [0.25, 0.3) is 0 Å². The third kappa shape index (κ3) is 8.22. The van der Waals surface area contributed by atoms with Gasteiger partial charge in [-0.3, -0.25) is 0 Å². The zero-order chi connectivity index (χ0) is 9.94. The Morgan fingerprint density at radius 3 is 2.31 bits per heavy atom. The van der Waals surface area contributed by atoms with Crippen molar-refractivity contribution in [3.63, 3.8) is 0 Å². The van der Waals surface area contributed by atoms with Gasteiger partial charge in [-0.1, -0.05) is 26.2 Å². The zero-order valence-electron chi connectivity index (χ0n) is 8.54. The van der Waals surface area contributed by atoms with Crippen LogP contribution in [0.15, 0.2) is 0 Å². The van der Waals surface area contributed by atoms with E-state index in [-0.39, 0.29) is 19.1 Å². The summed E-state index contributed by atoms with van der Waals surface area (Å²) >= 11 is 0. The summed E-state index contributed by atoms with van der Waals surface area (Å²) in [7, 11) is 0. The van der Waals surface area contributed by atoms with Gasteiger partial charge >= 0.3 is 0 Å². The summed E-state index contributed by atoms with van der Waals surface area (Å²) in [4.78, 5) is 0. The molecule has 0 aromatic rings. The van der Waals surface area contributed by atoms with Crippen molar-refractivity contribution >= 4 is 0 Å². The van der Waals surface area contributed by atoms with Gasteiger partial charge in [0, 0.05) is 12.5 Å². The predicted octanol–water partition coefficient (Wildman–Crippen LogP) is 1.18. The maximum absolute atomic E-state index is 8.73. The molecule has 2 N–H and O–H groups in total. The lowest BCUT2D eigenvalue weighted by molar-refractivity contribution is 0.0436. The molecule has 0 unspecified atom stereocenters. The van der Waals surface area contributed by atoms with Crippen LogP contribution < -0.4 is 0 Å². The fourth-order valence-electron chi connectivity index (χ4n) is 1.04. The van der Waals surface area contributed by atoms with Crippen LogP contribution in [0.2, 0.25) is 0 Å². The van der Waals surface area contributed by atoms with Gasteiger partial charge in [0.25, 0.3) is 0 Å². The van der Waals surface area contributed by atoms with E-state index in [4.69, 9.17) is 14.9 Å². The molecule has 0 saturated heterocycles. The van der Waals surface area contributed by atoms with Crippen LogP contribution in [0.5, 0.6) is 0 Å². The molecule has 0 atom stereocenters. The molecule has 13 heavy (non-hydrogen) atoms. The second-order valence-electron chi connectivity index (χ2n) is 3.37. The fourth-order valence-corrected chi connectivity index (χ4v) is 1.04. The number of unbranched alkanes of at least 4 members (excludes halogenated alkanes) is 3. The van der Waals surface area contributed by atoms with Gasteiger partial charge in [-0.05, 0) is 6.42 Å². The highest BCUT2D eigenvalue weighted by Gasteiger charge is 2.04. The first-order chi connectivity index (χ1) is 6.35. The van der Waals surface area contributed by atoms with Gasteiger partial charge in [0.05, 0.1) is 19.8 Å². The lowest BCUT2D eigenvalue weighted by atomic mass is 10.2. The molecule has 80 valence electrons. The number of aliphatic hydroxyl groups excluding tert-OH is 2. The number of hydrogen-bond acceptors (Lipinski definition) is 3. The average molecular weight is 190 g/mol. The lowest BCUT2D eigenvalue weighted by Gasteiger charge is -2.10. The molecule has 3 heteroatoms. The van der Waals surface area contributed by atoms with Crippen LogP contribution in [-0.4, -0.2) is 36.6 Å². The van der Waals surface area contributed by atoms with Gasteiger partial charge in [0.2, 0.25) is 0 Å². The summed E-state index contributed by atoms with van der Waals surface area (Å²) in [5.74, 6) is -0.105. The van der Waals surface area contributed by atoms with Crippen LogP contribution in [0.3, 0.4) is 0 Å². The first-order valence-electron chi connectivity index (χ1n) is 5.14. The number of rotatable bonds is 9. The minimum atomic E-state index is -0.105. The Labute approximate surface area is 80.7 Å². The molecular formula is C10H22O3. The molecule has 0 spiro atoms. The Hall–Kier alpha value is -0.120. The molecular weight excluding hydrogens is 168 g/mol. The third-order valence-corrected chi connectivity index (χ3v) is 2.01. The first-order valence-corrected chi connectivity index (χ1v) is 5.14. The van der Waals surface area contributed by atoms with Crippen LogP contribution in [0, 0.1) is 5.92 Å². The summed E-state index contributed by atoms with van der Waals surface area (Å²) in [6, 6.07) is 0. The molecule has 0 radical (unpaired) electrons. The summed E-state index contributed by atoms with van der Waals surface area (Å²) < 4.78 is 5.30. The molecule has 0 amide bonds. The second-order valence-corrected chi connectivity index (χ2v) is 3.37. The summed E-state index contributed by atoms with van der Waals surface area (Å²) in [6.45, 7) is 3.40. The van der Waals surface area contributed by atoms with Crippen molar-refractivity contribution < 1.29 is 14.9 Å². The maximum Gasteiger partial charge on any atom is 0.0538 e. The minimum absolute atomic E-state index is 0.00542. The van der Waals surface area contributed by atoms with E-state index in [2.05, 4.69) is 6.92 Å². The van der Waals surface area contributed by atoms with Crippen molar-refractivity contribution in [2.24, 2.45) is 5.92 Å². The molecule has 0 aliphatic carbocycles. The minimum Gasteiger partial charge on any atom is -0.396 e. The average Bonchev–Trinajstić information content (AvgIpc) is 2.17. The predicted molar refractivity (Wildman–Crippen MR) is 52.6 cm³/mol. The molecule has 3 nitrogen and oxygen atoms in total. The van der Waals surface area contributed by atoms with Crippen LogP contribution in [0.1, 0.15) is 32.6 Å². The standard InChI is InChI=1S/C10H22O3/c1-2-3-4-5-6-13-9-10(7-11)8-12/h10-12H,2-9H2,1H3. The van der Waals surface area contributed by atoms with Gasteiger partial charge < -0.3 is 14.9 Å². The topological polar surface area (TPSA) is 49.7 Å². The molecule has 0 aromatic heterocycles. The van der Waals surface area contributed by atoms with Crippen LogP contribution in [0.4, 0.5) is 0 Å². The van der Waals surface area contributed by atoms with Gasteiger partial charge in [-0.15, -0.1) is 0 Å². The van der Waals surface area contributed by atoms with E-state index in [9.17, 15) is 0 Å². The zero-order valence-corrected chi connectivity index (χ0v) is 8.54. The quantitative estimate of drug-likeness (QED) is 0.537. The SMILES string of the molecule is CCCCCCOCC(CO)CO. The van der Waals surface area contributed by atoms with E-state index >= 15 is 0 Å². The lowest BCUT2D eigenvalue weighted by Crippen LogP contribution is -2.18. The number of aliphatic hydroxyl groups is 2. The Balaban J connectivity index is 3.05. The molecule has 0 fully saturated rings. The van der Waals surface area contributed by atoms with Crippen molar-refractivity contribution in [2.75, 3.05) is 26.4 Å². The molecule has 0 saturated carbocycles. The summed E-state index contributed by atoms with van der Waals surface area (Å²) in [5.41, 5.74) is 0. The Bertz CT molecular complexity index is 92.2. The Morgan fingerprint density at radius 1 is 1.08 bits per heavy atom. The van der Waals surface area contributed by atoms with Gasteiger partial charge in [-0.25, -0.2) is 0 Å². The van der Waals surface area contributed by atoms with E-state index < -0.39 is 0 Å². The second kappa shape index (κ2) is 9.96. The van der Waals surface area contributed by atoms with E-state index in [1.807, 2.05) is 0 Å². The van der Waals surface area contributed by atoms with Crippen LogP contribution >= 0.6 is 0 Å². The van der Waals surface area contributed by atoms with Crippen molar-refractivity contribution in [3.05, 3.63) is 0 Å². The molecule has 0 aromatic carbocycles. The Morgan fingerprint density at radius 2 is 1.77 bits per heavy atom. The smallest absolute Gasteiger partial charge is 0.0538 e. The highest BCUT2D eigenvalue weighted by atomic mass is 16.5. The van der Waals surface area contributed by atoms with Crippen molar-refractivity contribution in [1.29, 1.82) is 0 Å². The normalized spacial score (nSPS) is 11.1. The van der Waals surface area contributed by atoms with E-state index in [1.165, 1.54) is 19.3 Å². The monoisotopic (exact) mass is 190 g/mol. The largest absolute Gasteiger partial charge is 0.396 e. The summed E-state index contributed by atoms with van der Waals surface area (Å²) in [6.07, 6.45) is 4.78. The third-order valence-electron chi connectivity index (χ3n) is 2.01. The fraction of sp³-hybridized carbons (Fsp3) is 1.00. The van der Waals surface area contributed by atoms with E-state index in [0.717, 1.165) is 13.0 Å². The first kappa shape index (κ1) is 12.9. The van der Waals surface area contributed by atoms with Crippen molar-refractivity contribution in [3.8, 4) is 0 Å². The van der Waals surface area contributed by atoms with Crippen molar-refractivity contribution in [2.45, 2.75) is 32.6 Å². The number of hydrogen-bond donors (Lipinski definition) is 2. The number of ether oxygens (including phenoxy) is 1. The van der Waals surface area contributed by atoms with E-state index in [0.29, 0.717) is 6.61 Å². The highest BCUT2D eigenvalue weighted by Crippen LogP contribution is 2.00.